The first-order chi connectivity index (χ1) is 11.0. The Bertz CT molecular complexity index is 623. The van der Waals surface area contributed by atoms with E-state index in [1.807, 2.05) is 13.0 Å². The molecule has 6 nitrogen and oxygen atoms in total. The Hall–Kier alpha value is -2.47. The van der Waals surface area contributed by atoms with Gasteiger partial charge in [0.15, 0.2) is 0 Å². The van der Waals surface area contributed by atoms with Crippen molar-refractivity contribution >= 4 is 11.7 Å². The van der Waals surface area contributed by atoms with E-state index < -0.39 is 11.6 Å². The molecule has 23 heavy (non-hydrogen) atoms. The summed E-state index contributed by atoms with van der Waals surface area (Å²) in [6.07, 6.45) is 2.39. The van der Waals surface area contributed by atoms with Gasteiger partial charge in [-0.2, -0.15) is 0 Å². The average Bonchev–Trinajstić information content (AvgIpc) is 3.07. The van der Waals surface area contributed by atoms with Gasteiger partial charge in [-0.15, -0.1) is 0 Å². The molecule has 0 aliphatic rings. The molecule has 2 rings (SSSR count). The first-order valence-corrected chi connectivity index (χ1v) is 7.55. The zero-order valence-electron chi connectivity index (χ0n) is 13.3. The van der Waals surface area contributed by atoms with Crippen LogP contribution >= 0.6 is 0 Å². The molecule has 2 amide bonds. The second kappa shape index (κ2) is 7.69. The minimum Gasteiger partial charge on any atom is -0.494 e. The maximum atomic E-state index is 11.9. The number of ether oxygens (including phenoxy) is 1. The fourth-order valence-corrected chi connectivity index (χ4v) is 1.98. The summed E-state index contributed by atoms with van der Waals surface area (Å²) in [5.74, 6) is 1.10. The van der Waals surface area contributed by atoms with E-state index in [1.165, 1.54) is 6.26 Å². The molecular formula is C17H22N2O4. The van der Waals surface area contributed by atoms with Crippen molar-refractivity contribution in [2.24, 2.45) is 0 Å². The van der Waals surface area contributed by atoms with Crippen LogP contribution in [0.25, 0.3) is 0 Å². The molecule has 0 saturated heterocycles. The zero-order chi connectivity index (χ0) is 16.7. The van der Waals surface area contributed by atoms with Gasteiger partial charge in [-0.3, -0.25) is 0 Å². The maximum absolute atomic E-state index is 11.9. The normalized spacial score (nSPS) is 13.2. The maximum Gasteiger partial charge on any atom is 0.319 e. The Labute approximate surface area is 135 Å². The van der Waals surface area contributed by atoms with Crippen molar-refractivity contribution in [3.63, 3.8) is 0 Å². The standard InChI is InChI=1S/C17H22N2O4/c1-3-9-22-14-7-4-6-13(11-14)19-16(20)18-12-17(2,21)15-8-5-10-23-15/h4-8,10-11,21H,3,9,12H2,1-2H3,(H2,18,19,20). The first-order valence-electron chi connectivity index (χ1n) is 7.55. The number of urea groups is 1. The molecule has 0 saturated carbocycles. The summed E-state index contributed by atoms with van der Waals surface area (Å²) >= 11 is 0. The molecule has 1 aromatic heterocycles. The molecule has 0 aliphatic heterocycles. The van der Waals surface area contributed by atoms with Crippen LogP contribution in [0.5, 0.6) is 5.75 Å². The predicted molar refractivity (Wildman–Crippen MR) is 87.5 cm³/mol. The lowest BCUT2D eigenvalue weighted by Crippen LogP contribution is -2.40. The molecule has 3 N–H and O–H groups in total. The largest absolute Gasteiger partial charge is 0.494 e. The molecule has 0 aliphatic carbocycles. The number of nitrogens with one attached hydrogen (secondary N) is 2. The monoisotopic (exact) mass is 318 g/mol. The van der Waals surface area contributed by atoms with Crippen molar-refractivity contribution in [1.82, 2.24) is 5.32 Å². The van der Waals surface area contributed by atoms with Crippen LogP contribution < -0.4 is 15.4 Å². The van der Waals surface area contributed by atoms with Gasteiger partial charge < -0.3 is 24.9 Å². The van der Waals surface area contributed by atoms with Crippen molar-refractivity contribution in [3.8, 4) is 5.75 Å². The number of aliphatic hydroxyl groups is 1. The van der Waals surface area contributed by atoms with Gasteiger partial charge in [0, 0.05) is 11.8 Å². The summed E-state index contributed by atoms with van der Waals surface area (Å²) < 4.78 is 10.7. The van der Waals surface area contributed by atoms with Crippen LogP contribution in [0.1, 0.15) is 26.0 Å². The molecule has 6 heteroatoms. The number of amides is 2. The number of carbonyl (C=O) groups is 1. The van der Waals surface area contributed by atoms with Crippen molar-refractivity contribution in [2.45, 2.75) is 25.9 Å². The van der Waals surface area contributed by atoms with Gasteiger partial charge in [0.2, 0.25) is 0 Å². The van der Waals surface area contributed by atoms with Crippen LogP contribution in [-0.2, 0) is 5.60 Å². The summed E-state index contributed by atoms with van der Waals surface area (Å²) in [7, 11) is 0. The Morgan fingerprint density at radius 3 is 2.87 bits per heavy atom. The second-order valence-electron chi connectivity index (χ2n) is 5.44. The number of anilines is 1. The van der Waals surface area contributed by atoms with Crippen molar-refractivity contribution in [1.29, 1.82) is 0 Å². The minimum atomic E-state index is -1.27. The number of hydrogen-bond donors (Lipinski definition) is 3. The van der Waals surface area contributed by atoms with E-state index in [-0.39, 0.29) is 6.54 Å². The zero-order valence-corrected chi connectivity index (χ0v) is 13.3. The van der Waals surface area contributed by atoms with Crippen LogP contribution in [0, 0.1) is 0 Å². The predicted octanol–water partition coefficient (Wildman–Crippen LogP) is 3.10. The average molecular weight is 318 g/mol. The van der Waals surface area contributed by atoms with Crippen molar-refractivity contribution in [3.05, 3.63) is 48.4 Å². The number of furan rings is 1. The molecule has 0 fully saturated rings. The third-order valence-corrected chi connectivity index (χ3v) is 3.21. The summed E-state index contributed by atoms with van der Waals surface area (Å²) in [5, 5.41) is 15.6. The van der Waals surface area contributed by atoms with Gasteiger partial charge in [0.05, 0.1) is 19.4 Å². The summed E-state index contributed by atoms with van der Waals surface area (Å²) in [6.45, 7) is 4.26. The highest BCUT2D eigenvalue weighted by Crippen LogP contribution is 2.20. The number of rotatable bonds is 7. The Balaban J connectivity index is 1.87. The molecule has 0 spiro atoms. The van der Waals surface area contributed by atoms with Crippen LogP contribution in [-0.4, -0.2) is 24.3 Å². The van der Waals surface area contributed by atoms with E-state index in [4.69, 9.17) is 9.15 Å². The first kappa shape index (κ1) is 16.9. The van der Waals surface area contributed by atoms with Gasteiger partial charge in [0.1, 0.15) is 17.1 Å². The van der Waals surface area contributed by atoms with Crippen LogP contribution in [0.15, 0.2) is 47.1 Å². The van der Waals surface area contributed by atoms with Gasteiger partial charge in [-0.1, -0.05) is 13.0 Å². The molecular weight excluding hydrogens is 296 g/mol. The minimum absolute atomic E-state index is 0.0262. The van der Waals surface area contributed by atoms with Gasteiger partial charge >= 0.3 is 6.03 Å². The Morgan fingerprint density at radius 1 is 1.35 bits per heavy atom. The lowest BCUT2D eigenvalue weighted by molar-refractivity contribution is 0.0372. The SMILES string of the molecule is CCCOc1cccc(NC(=O)NCC(C)(O)c2ccco2)c1. The van der Waals surface area contributed by atoms with Crippen LogP contribution in [0.4, 0.5) is 10.5 Å². The Morgan fingerprint density at radius 2 is 2.17 bits per heavy atom. The highest BCUT2D eigenvalue weighted by atomic mass is 16.5. The van der Waals surface area contributed by atoms with E-state index in [1.54, 1.807) is 37.3 Å². The van der Waals surface area contributed by atoms with Gasteiger partial charge in [0.25, 0.3) is 0 Å². The number of benzene rings is 1. The van der Waals surface area contributed by atoms with Crippen LogP contribution in [0.3, 0.4) is 0 Å². The third-order valence-electron chi connectivity index (χ3n) is 3.21. The topological polar surface area (TPSA) is 83.7 Å². The molecule has 1 aromatic carbocycles. The summed E-state index contributed by atoms with van der Waals surface area (Å²) in [6, 6.07) is 10.1. The second-order valence-corrected chi connectivity index (χ2v) is 5.44. The molecule has 1 unspecified atom stereocenters. The molecule has 0 radical (unpaired) electrons. The third kappa shape index (κ3) is 5.03. The molecule has 1 atom stereocenters. The van der Waals surface area contributed by atoms with E-state index in [0.717, 1.165) is 6.42 Å². The highest BCUT2D eigenvalue weighted by molar-refractivity contribution is 5.89. The quantitative estimate of drug-likeness (QED) is 0.732. The lowest BCUT2D eigenvalue weighted by atomic mass is 10.0. The number of carbonyl (C=O) groups excluding carboxylic acids is 1. The molecule has 1 heterocycles. The van der Waals surface area contributed by atoms with Crippen molar-refractivity contribution < 1.29 is 19.1 Å². The fourth-order valence-electron chi connectivity index (χ4n) is 1.98. The van der Waals surface area contributed by atoms with Crippen molar-refractivity contribution in [2.75, 3.05) is 18.5 Å². The lowest BCUT2D eigenvalue weighted by Gasteiger charge is -2.21. The number of hydrogen-bond acceptors (Lipinski definition) is 4. The molecule has 2 aromatic rings. The summed E-state index contributed by atoms with van der Waals surface area (Å²) in [4.78, 5) is 11.9. The smallest absolute Gasteiger partial charge is 0.319 e. The van der Waals surface area contributed by atoms with E-state index >= 15 is 0 Å². The Kier molecular flexibility index (Phi) is 5.65. The van der Waals surface area contributed by atoms with Gasteiger partial charge in [-0.25, -0.2) is 4.79 Å². The van der Waals surface area contributed by atoms with E-state index in [9.17, 15) is 9.90 Å². The molecule has 124 valence electrons. The molecule has 0 bridgehead atoms. The van der Waals surface area contributed by atoms with Crippen LogP contribution in [0.2, 0.25) is 0 Å². The highest BCUT2D eigenvalue weighted by Gasteiger charge is 2.26. The van der Waals surface area contributed by atoms with E-state index in [0.29, 0.717) is 23.8 Å². The fraction of sp³-hybridized carbons (Fsp3) is 0.353. The van der Waals surface area contributed by atoms with E-state index in [2.05, 4.69) is 10.6 Å². The summed E-state index contributed by atoms with van der Waals surface area (Å²) in [5.41, 5.74) is -0.652. The van der Waals surface area contributed by atoms with Gasteiger partial charge in [-0.05, 0) is 37.6 Å².